The molecule has 2 N–H and O–H groups in total. The van der Waals surface area contributed by atoms with Crippen molar-refractivity contribution in [3.8, 4) is 6.07 Å². The summed E-state index contributed by atoms with van der Waals surface area (Å²) in [6.07, 6.45) is 0.663. The van der Waals surface area contributed by atoms with E-state index in [9.17, 15) is 10.0 Å². The molecule has 0 saturated carbocycles. The van der Waals surface area contributed by atoms with E-state index in [2.05, 4.69) is 0 Å². The van der Waals surface area contributed by atoms with E-state index in [0.29, 0.717) is 17.4 Å². The molecule has 0 radical (unpaired) electrons. The molecule has 2 aromatic carbocycles. The molecule has 2 aromatic rings. The van der Waals surface area contributed by atoms with Crippen LogP contribution in [0.5, 0.6) is 0 Å². The number of benzene rings is 2. The maximum absolute atomic E-state index is 9.18. The second kappa shape index (κ2) is 5.50. The first-order valence-corrected chi connectivity index (χ1v) is 5.63. The summed E-state index contributed by atoms with van der Waals surface area (Å²) >= 11 is 0. The van der Waals surface area contributed by atoms with Gasteiger partial charge in [-0.15, -0.1) is 0 Å². The molecule has 0 amide bonds. The van der Waals surface area contributed by atoms with Crippen molar-refractivity contribution < 1.29 is 10.0 Å². The molecule has 0 unspecified atom stereocenters. The normalized spacial score (nSPS) is 9.83. The van der Waals surface area contributed by atoms with Gasteiger partial charge in [0.15, 0.2) is 0 Å². The van der Waals surface area contributed by atoms with E-state index in [4.69, 9.17) is 5.26 Å². The minimum absolute atomic E-state index is 0.347. The monoisotopic (exact) mass is 237 g/mol. The highest BCUT2D eigenvalue weighted by atomic mass is 16.4. The molecule has 0 aliphatic rings. The molecule has 0 aromatic heterocycles. The van der Waals surface area contributed by atoms with Crippen LogP contribution in [-0.4, -0.2) is 17.2 Å². The standard InChI is InChI=1S/C14H12BNO2/c16-10-13-7-12(8-14(9-13)15(17)18)6-11-4-2-1-3-5-11/h1-5,7-9,17-18H,6H2. The average Bonchev–Trinajstić information content (AvgIpc) is 2.39. The van der Waals surface area contributed by atoms with Crippen LogP contribution in [0.25, 0.3) is 0 Å². The molecule has 0 spiro atoms. The third-order valence-electron chi connectivity index (χ3n) is 2.69. The zero-order valence-electron chi connectivity index (χ0n) is 9.74. The van der Waals surface area contributed by atoms with E-state index in [-0.39, 0.29) is 0 Å². The summed E-state index contributed by atoms with van der Waals surface area (Å²) in [6.45, 7) is 0. The molecule has 3 nitrogen and oxygen atoms in total. The van der Waals surface area contributed by atoms with Crippen molar-refractivity contribution in [3.63, 3.8) is 0 Å². The SMILES string of the molecule is N#Cc1cc(Cc2ccccc2)cc(B(O)O)c1. The van der Waals surface area contributed by atoms with Gasteiger partial charge in [-0.3, -0.25) is 0 Å². The zero-order valence-corrected chi connectivity index (χ0v) is 9.74. The van der Waals surface area contributed by atoms with Gasteiger partial charge in [-0.1, -0.05) is 36.4 Å². The van der Waals surface area contributed by atoms with Crippen LogP contribution in [0, 0.1) is 11.3 Å². The lowest BCUT2D eigenvalue weighted by molar-refractivity contribution is 0.425. The van der Waals surface area contributed by atoms with Gasteiger partial charge in [0.1, 0.15) is 0 Å². The van der Waals surface area contributed by atoms with Crippen molar-refractivity contribution in [2.24, 2.45) is 0 Å². The number of nitriles is 1. The minimum Gasteiger partial charge on any atom is -0.423 e. The van der Waals surface area contributed by atoms with Crippen molar-refractivity contribution in [3.05, 3.63) is 65.2 Å². The highest BCUT2D eigenvalue weighted by Crippen LogP contribution is 2.10. The highest BCUT2D eigenvalue weighted by Gasteiger charge is 2.13. The van der Waals surface area contributed by atoms with Gasteiger partial charge in [-0.25, -0.2) is 0 Å². The maximum atomic E-state index is 9.18. The largest absolute Gasteiger partial charge is 0.488 e. The summed E-state index contributed by atoms with van der Waals surface area (Å²) in [5.41, 5.74) is 2.79. The van der Waals surface area contributed by atoms with Crippen LogP contribution in [0.15, 0.2) is 48.5 Å². The van der Waals surface area contributed by atoms with E-state index in [1.165, 1.54) is 6.07 Å². The molecular formula is C14H12BNO2. The molecule has 4 heteroatoms. The molecule has 0 saturated heterocycles. The molecule has 2 rings (SSSR count). The van der Waals surface area contributed by atoms with Crippen molar-refractivity contribution >= 4 is 12.6 Å². The van der Waals surface area contributed by atoms with Gasteiger partial charge in [0.05, 0.1) is 11.6 Å². The first kappa shape index (κ1) is 12.4. The molecule has 0 aliphatic carbocycles. The van der Waals surface area contributed by atoms with Crippen LogP contribution in [-0.2, 0) is 6.42 Å². The first-order chi connectivity index (χ1) is 8.69. The minimum atomic E-state index is -1.55. The Morgan fingerprint density at radius 2 is 1.72 bits per heavy atom. The Labute approximate surface area is 106 Å². The van der Waals surface area contributed by atoms with E-state index >= 15 is 0 Å². The summed E-state index contributed by atoms with van der Waals surface area (Å²) in [5.74, 6) is 0. The lowest BCUT2D eigenvalue weighted by Gasteiger charge is -2.06. The van der Waals surface area contributed by atoms with Gasteiger partial charge < -0.3 is 10.0 Å². The summed E-state index contributed by atoms with van der Waals surface area (Å²) < 4.78 is 0. The predicted octanol–water partition coefficient (Wildman–Crippen LogP) is 0.829. The van der Waals surface area contributed by atoms with Gasteiger partial charge in [0.25, 0.3) is 0 Å². The van der Waals surface area contributed by atoms with Crippen molar-refractivity contribution in [2.75, 3.05) is 0 Å². The van der Waals surface area contributed by atoms with Crippen LogP contribution >= 0.6 is 0 Å². The average molecular weight is 237 g/mol. The third-order valence-corrected chi connectivity index (χ3v) is 2.69. The second-order valence-electron chi connectivity index (χ2n) is 4.11. The van der Waals surface area contributed by atoms with Crippen LogP contribution in [0.1, 0.15) is 16.7 Å². The quantitative estimate of drug-likeness (QED) is 0.777. The van der Waals surface area contributed by atoms with E-state index in [1.54, 1.807) is 12.1 Å². The van der Waals surface area contributed by atoms with Crippen LogP contribution in [0.4, 0.5) is 0 Å². The zero-order chi connectivity index (χ0) is 13.0. The second-order valence-corrected chi connectivity index (χ2v) is 4.11. The van der Waals surface area contributed by atoms with E-state index in [1.807, 2.05) is 36.4 Å². The Balaban J connectivity index is 2.33. The Morgan fingerprint density at radius 1 is 1.00 bits per heavy atom. The molecule has 0 fully saturated rings. The van der Waals surface area contributed by atoms with E-state index < -0.39 is 7.12 Å². The summed E-state index contributed by atoms with van der Waals surface area (Å²) in [7, 11) is -1.55. The predicted molar refractivity (Wildman–Crippen MR) is 70.2 cm³/mol. The Bertz CT molecular complexity index is 576. The van der Waals surface area contributed by atoms with Gasteiger partial charge in [-0.05, 0) is 35.1 Å². The number of rotatable bonds is 3. The number of hydrogen-bond donors (Lipinski definition) is 2. The smallest absolute Gasteiger partial charge is 0.423 e. The number of nitrogens with zero attached hydrogens (tertiary/aromatic N) is 1. The lowest BCUT2D eigenvalue weighted by Crippen LogP contribution is -2.30. The Hall–Kier alpha value is -2.09. The molecule has 0 bridgehead atoms. The van der Waals surface area contributed by atoms with Gasteiger partial charge in [0, 0.05) is 0 Å². The summed E-state index contributed by atoms with van der Waals surface area (Å²) in [5, 5.41) is 27.3. The molecule has 18 heavy (non-hydrogen) atoms. The first-order valence-electron chi connectivity index (χ1n) is 5.63. The fourth-order valence-corrected chi connectivity index (χ4v) is 1.87. The van der Waals surface area contributed by atoms with E-state index in [0.717, 1.165) is 11.1 Å². The van der Waals surface area contributed by atoms with Gasteiger partial charge >= 0.3 is 7.12 Å². The maximum Gasteiger partial charge on any atom is 0.488 e. The molecule has 0 atom stereocenters. The van der Waals surface area contributed by atoms with Crippen LogP contribution in [0.3, 0.4) is 0 Å². The molecular weight excluding hydrogens is 225 g/mol. The molecule has 0 aliphatic heterocycles. The molecule has 0 heterocycles. The summed E-state index contributed by atoms with van der Waals surface area (Å²) in [4.78, 5) is 0. The van der Waals surface area contributed by atoms with Crippen LogP contribution < -0.4 is 5.46 Å². The Morgan fingerprint density at radius 3 is 2.33 bits per heavy atom. The van der Waals surface area contributed by atoms with Gasteiger partial charge in [0.2, 0.25) is 0 Å². The lowest BCUT2D eigenvalue weighted by atomic mass is 9.78. The highest BCUT2D eigenvalue weighted by molar-refractivity contribution is 6.58. The van der Waals surface area contributed by atoms with Crippen molar-refractivity contribution in [1.29, 1.82) is 5.26 Å². The summed E-state index contributed by atoms with van der Waals surface area (Å²) in [6, 6.07) is 16.8. The number of hydrogen-bond acceptors (Lipinski definition) is 3. The van der Waals surface area contributed by atoms with Gasteiger partial charge in [-0.2, -0.15) is 5.26 Å². The molecule has 88 valence electrons. The Kier molecular flexibility index (Phi) is 3.78. The fourth-order valence-electron chi connectivity index (χ4n) is 1.87. The van der Waals surface area contributed by atoms with Crippen LogP contribution in [0.2, 0.25) is 0 Å². The topological polar surface area (TPSA) is 64.2 Å². The van der Waals surface area contributed by atoms with Crippen molar-refractivity contribution in [1.82, 2.24) is 0 Å². The van der Waals surface area contributed by atoms with Crippen molar-refractivity contribution in [2.45, 2.75) is 6.42 Å². The third kappa shape index (κ3) is 2.98. The fraction of sp³-hybridized carbons (Fsp3) is 0.0714.